The van der Waals surface area contributed by atoms with E-state index >= 15 is 0 Å². The molecule has 0 amide bonds. The molecule has 3 N–H and O–H groups in total. The first-order valence-corrected chi connectivity index (χ1v) is 7.12. The van der Waals surface area contributed by atoms with E-state index in [9.17, 15) is 4.39 Å². The Bertz CT molecular complexity index is 602. The Balaban J connectivity index is 2.40. The average Bonchev–Trinajstić information content (AvgIpc) is 2.30. The van der Waals surface area contributed by atoms with Gasteiger partial charge in [0.15, 0.2) is 0 Å². The van der Waals surface area contributed by atoms with E-state index in [-0.39, 0.29) is 5.82 Å². The van der Waals surface area contributed by atoms with Gasteiger partial charge in [0.2, 0.25) is 0 Å². The molecule has 2 rings (SSSR count). The Kier molecular flexibility index (Phi) is 4.11. The molecule has 2 aromatic carbocycles. The number of nitrogens with two attached hydrogens (primary N) is 1. The van der Waals surface area contributed by atoms with Crippen LogP contribution in [0.4, 0.5) is 21.5 Å². The van der Waals surface area contributed by atoms with E-state index in [1.807, 2.05) is 25.1 Å². The van der Waals surface area contributed by atoms with Gasteiger partial charge in [0, 0.05) is 15.3 Å². The van der Waals surface area contributed by atoms with Gasteiger partial charge in [-0.25, -0.2) is 4.39 Å². The SMILES string of the molecule is Cc1ccc(I)cc1Nc1cc(Br)c(F)cc1N. The van der Waals surface area contributed by atoms with Gasteiger partial charge in [0.1, 0.15) is 5.82 Å². The first kappa shape index (κ1) is 13.6. The van der Waals surface area contributed by atoms with Crippen LogP contribution in [0.1, 0.15) is 5.56 Å². The lowest BCUT2D eigenvalue weighted by Gasteiger charge is -2.13. The third-order valence-electron chi connectivity index (χ3n) is 2.56. The summed E-state index contributed by atoms with van der Waals surface area (Å²) < 4.78 is 14.8. The summed E-state index contributed by atoms with van der Waals surface area (Å²) in [5.41, 5.74) is 8.94. The van der Waals surface area contributed by atoms with Crippen LogP contribution < -0.4 is 11.1 Å². The number of aryl methyl sites for hydroxylation is 1. The molecule has 0 saturated carbocycles. The number of hydrogen-bond donors (Lipinski definition) is 2. The van der Waals surface area contributed by atoms with E-state index < -0.39 is 0 Å². The number of benzene rings is 2. The summed E-state index contributed by atoms with van der Waals surface area (Å²) in [5, 5.41) is 3.22. The smallest absolute Gasteiger partial charge is 0.139 e. The van der Waals surface area contributed by atoms with Crippen LogP contribution in [0.2, 0.25) is 0 Å². The quantitative estimate of drug-likeness (QED) is 0.539. The molecule has 0 aliphatic rings. The molecule has 0 aromatic heterocycles. The van der Waals surface area contributed by atoms with Crippen molar-refractivity contribution in [2.24, 2.45) is 0 Å². The van der Waals surface area contributed by atoms with Crippen molar-refractivity contribution in [2.45, 2.75) is 6.92 Å². The number of halogens is 3. The predicted molar refractivity (Wildman–Crippen MR) is 85.7 cm³/mol. The fourth-order valence-corrected chi connectivity index (χ4v) is 2.38. The third kappa shape index (κ3) is 2.95. The van der Waals surface area contributed by atoms with Crippen LogP contribution in [-0.4, -0.2) is 0 Å². The number of rotatable bonds is 2. The maximum absolute atomic E-state index is 13.3. The van der Waals surface area contributed by atoms with Gasteiger partial charge < -0.3 is 11.1 Å². The van der Waals surface area contributed by atoms with Gasteiger partial charge in [-0.2, -0.15) is 0 Å². The fourth-order valence-electron chi connectivity index (χ4n) is 1.54. The Labute approximate surface area is 127 Å². The van der Waals surface area contributed by atoms with Crippen LogP contribution in [-0.2, 0) is 0 Å². The van der Waals surface area contributed by atoms with Gasteiger partial charge in [0.25, 0.3) is 0 Å². The summed E-state index contributed by atoms with van der Waals surface area (Å²) in [5.74, 6) is -0.364. The highest BCUT2D eigenvalue weighted by molar-refractivity contribution is 14.1. The normalized spacial score (nSPS) is 10.4. The lowest BCUT2D eigenvalue weighted by molar-refractivity contribution is 0.622. The van der Waals surface area contributed by atoms with Crippen molar-refractivity contribution in [1.82, 2.24) is 0 Å². The van der Waals surface area contributed by atoms with Crippen LogP contribution in [0.15, 0.2) is 34.8 Å². The maximum Gasteiger partial charge on any atom is 0.139 e. The molecular formula is C13H11BrFIN2. The summed E-state index contributed by atoms with van der Waals surface area (Å²) in [6.45, 7) is 2.01. The molecule has 0 aliphatic heterocycles. The monoisotopic (exact) mass is 420 g/mol. The van der Waals surface area contributed by atoms with Gasteiger partial charge in [-0.3, -0.25) is 0 Å². The molecule has 0 atom stereocenters. The molecule has 0 bridgehead atoms. The Morgan fingerprint density at radius 1 is 1.22 bits per heavy atom. The van der Waals surface area contributed by atoms with Crippen LogP contribution in [0.3, 0.4) is 0 Å². The molecule has 0 unspecified atom stereocenters. The topological polar surface area (TPSA) is 38.0 Å². The molecule has 0 aliphatic carbocycles. The van der Waals surface area contributed by atoms with Gasteiger partial charge in [0.05, 0.1) is 15.8 Å². The fraction of sp³-hybridized carbons (Fsp3) is 0.0769. The molecule has 0 spiro atoms. The number of nitrogens with one attached hydrogen (secondary N) is 1. The van der Waals surface area contributed by atoms with Gasteiger partial charge in [-0.05, 0) is 69.2 Å². The molecule has 0 saturated heterocycles. The largest absolute Gasteiger partial charge is 0.397 e. The minimum Gasteiger partial charge on any atom is -0.397 e. The van der Waals surface area contributed by atoms with E-state index in [1.165, 1.54) is 6.07 Å². The van der Waals surface area contributed by atoms with Crippen LogP contribution in [0.5, 0.6) is 0 Å². The molecule has 2 aromatic rings. The first-order valence-electron chi connectivity index (χ1n) is 5.25. The molecule has 18 heavy (non-hydrogen) atoms. The molecule has 94 valence electrons. The Morgan fingerprint density at radius 2 is 1.94 bits per heavy atom. The van der Waals surface area contributed by atoms with Crippen molar-refractivity contribution in [1.29, 1.82) is 0 Å². The van der Waals surface area contributed by atoms with E-state index in [0.717, 1.165) is 14.8 Å². The zero-order chi connectivity index (χ0) is 13.3. The van der Waals surface area contributed by atoms with Crippen LogP contribution in [0.25, 0.3) is 0 Å². The average molecular weight is 421 g/mol. The Hall–Kier alpha value is -0.820. The molecular weight excluding hydrogens is 410 g/mol. The second kappa shape index (κ2) is 5.44. The van der Waals surface area contributed by atoms with Crippen molar-refractivity contribution >= 4 is 55.6 Å². The number of anilines is 3. The van der Waals surface area contributed by atoms with Crippen molar-refractivity contribution in [3.63, 3.8) is 0 Å². The van der Waals surface area contributed by atoms with E-state index in [1.54, 1.807) is 6.07 Å². The van der Waals surface area contributed by atoms with Crippen molar-refractivity contribution < 1.29 is 4.39 Å². The zero-order valence-corrected chi connectivity index (χ0v) is 13.3. The molecule has 2 nitrogen and oxygen atoms in total. The summed E-state index contributed by atoms with van der Waals surface area (Å²) in [4.78, 5) is 0. The van der Waals surface area contributed by atoms with Gasteiger partial charge in [-0.15, -0.1) is 0 Å². The number of hydrogen-bond acceptors (Lipinski definition) is 2. The lowest BCUT2D eigenvalue weighted by atomic mass is 10.2. The minimum atomic E-state index is -0.364. The number of nitrogen functional groups attached to an aromatic ring is 1. The highest BCUT2D eigenvalue weighted by Crippen LogP contribution is 2.30. The molecule has 0 radical (unpaired) electrons. The van der Waals surface area contributed by atoms with Crippen molar-refractivity contribution in [3.05, 3.63) is 49.8 Å². The maximum atomic E-state index is 13.3. The second-order valence-corrected chi connectivity index (χ2v) is 6.04. The lowest BCUT2D eigenvalue weighted by Crippen LogP contribution is -1.99. The molecule has 0 fully saturated rings. The van der Waals surface area contributed by atoms with Crippen molar-refractivity contribution in [2.75, 3.05) is 11.1 Å². The predicted octanol–water partition coefficient (Wildman–Crippen LogP) is 4.83. The van der Waals surface area contributed by atoms with E-state index in [4.69, 9.17) is 5.73 Å². The van der Waals surface area contributed by atoms with E-state index in [0.29, 0.717) is 15.8 Å². The second-order valence-electron chi connectivity index (χ2n) is 3.94. The summed E-state index contributed by atoms with van der Waals surface area (Å²) in [6, 6.07) is 9.02. The summed E-state index contributed by atoms with van der Waals surface area (Å²) in [6.07, 6.45) is 0. The van der Waals surface area contributed by atoms with Crippen LogP contribution in [0, 0.1) is 16.3 Å². The van der Waals surface area contributed by atoms with Crippen molar-refractivity contribution in [3.8, 4) is 0 Å². The molecule has 5 heteroatoms. The zero-order valence-electron chi connectivity index (χ0n) is 9.60. The first-order chi connectivity index (χ1) is 8.47. The third-order valence-corrected chi connectivity index (χ3v) is 3.84. The standard InChI is InChI=1S/C13H11BrFIN2/c1-7-2-3-8(16)4-12(7)18-13-5-9(14)10(15)6-11(13)17/h2-6,18H,17H2,1H3. The highest BCUT2D eigenvalue weighted by atomic mass is 127. The molecule has 0 heterocycles. The summed E-state index contributed by atoms with van der Waals surface area (Å²) >= 11 is 5.40. The van der Waals surface area contributed by atoms with Gasteiger partial charge >= 0.3 is 0 Å². The highest BCUT2D eigenvalue weighted by Gasteiger charge is 2.07. The van der Waals surface area contributed by atoms with Crippen LogP contribution >= 0.6 is 38.5 Å². The summed E-state index contributed by atoms with van der Waals surface area (Å²) in [7, 11) is 0. The minimum absolute atomic E-state index is 0.364. The Morgan fingerprint density at radius 3 is 2.67 bits per heavy atom. The van der Waals surface area contributed by atoms with E-state index in [2.05, 4.69) is 43.8 Å². The van der Waals surface area contributed by atoms with Gasteiger partial charge in [-0.1, -0.05) is 6.07 Å².